The Morgan fingerprint density at radius 1 is 0.926 bits per heavy atom. The molecule has 0 aromatic heterocycles. The first-order chi connectivity index (χ1) is 13.0. The summed E-state index contributed by atoms with van der Waals surface area (Å²) in [4.78, 5) is 36.6. The minimum atomic E-state index is -0.349. The molecule has 27 heavy (non-hydrogen) atoms. The third kappa shape index (κ3) is 6.16. The van der Waals surface area contributed by atoms with Crippen LogP contribution in [0.25, 0.3) is 0 Å². The smallest absolute Gasteiger partial charge is 0.311 e. The molecule has 0 N–H and O–H groups in total. The van der Waals surface area contributed by atoms with E-state index in [-0.39, 0.29) is 28.8 Å². The van der Waals surface area contributed by atoms with Gasteiger partial charge in [-0.2, -0.15) is 0 Å². The Morgan fingerprint density at radius 3 is 2.22 bits per heavy atom. The van der Waals surface area contributed by atoms with E-state index in [1.807, 2.05) is 0 Å². The lowest BCUT2D eigenvalue weighted by molar-refractivity contribution is -0.134. The molecule has 0 aliphatic heterocycles. The predicted octanol–water partition coefficient (Wildman–Crippen LogP) is 5.84. The van der Waals surface area contributed by atoms with Crippen LogP contribution in [0.1, 0.15) is 98.8 Å². The van der Waals surface area contributed by atoms with Crippen molar-refractivity contribution in [3.63, 3.8) is 0 Å². The Morgan fingerprint density at radius 2 is 1.56 bits per heavy atom. The van der Waals surface area contributed by atoms with Gasteiger partial charge in [0, 0.05) is 17.6 Å². The van der Waals surface area contributed by atoms with Gasteiger partial charge < -0.3 is 4.74 Å². The van der Waals surface area contributed by atoms with Crippen LogP contribution in [0.5, 0.6) is 5.75 Å². The number of rotatable bonds is 11. The lowest BCUT2D eigenvalue weighted by atomic mass is 9.89. The Labute approximate surface area is 162 Å². The molecule has 0 radical (unpaired) electrons. The normalized spacial score (nSPS) is 13.3. The number of hydrogen-bond donors (Lipinski definition) is 0. The largest absolute Gasteiger partial charge is 0.426 e. The molecule has 1 aromatic carbocycles. The molecule has 0 heterocycles. The molecule has 4 nitrogen and oxygen atoms in total. The summed E-state index contributed by atoms with van der Waals surface area (Å²) in [6, 6.07) is 4.82. The van der Waals surface area contributed by atoms with Gasteiger partial charge in [-0.1, -0.05) is 70.4 Å². The Bertz CT molecular complexity index is 715. The second-order valence-corrected chi connectivity index (χ2v) is 7.25. The molecule has 0 saturated carbocycles. The van der Waals surface area contributed by atoms with Crippen molar-refractivity contribution in [2.75, 3.05) is 0 Å². The summed E-state index contributed by atoms with van der Waals surface area (Å²) < 4.78 is 5.40. The molecule has 1 aliphatic carbocycles. The standard InChI is InChI=1S/C23H30O4/c1-3-4-5-6-7-8-9-10-11-15-21(25)27-20-14-12-13-18-22(20)19(24)16-17(2)23(18)26/h12-14,16H,3-11,15H2,1-2H3. The van der Waals surface area contributed by atoms with Crippen molar-refractivity contribution < 1.29 is 19.1 Å². The molecule has 0 fully saturated rings. The minimum Gasteiger partial charge on any atom is -0.426 e. The number of hydrogen-bond acceptors (Lipinski definition) is 4. The number of Topliss-reactive ketones (excluding diaryl/α,β-unsaturated/α-hetero) is 1. The van der Waals surface area contributed by atoms with Crippen LogP contribution in [-0.4, -0.2) is 17.5 Å². The third-order valence-corrected chi connectivity index (χ3v) is 4.93. The maximum Gasteiger partial charge on any atom is 0.311 e. The highest BCUT2D eigenvalue weighted by Gasteiger charge is 2.27. The minimum absolute atomic E-state index is 0.190. The summed E-state index contributed by atoms with van der Waals surface area (Å²) in [5.74, 6) is -0.636. The Kier molecular flexibility index (Phi) is 8.43. The fraction of sp³-hybridized carbons (Fsp3) is 0.522. The highest BCUT2D eigenvalue weighted by atomic mass is 16.5. The number of esters is 1. The van der Waals surface area contributed by atoms with E-state index < -0.39 is 0 Å². The Balaban J connectivity index is 1.76. The number of carbonyl (C=O) groups excluding carboxylic acids is 3. The van der Waals surface area contributed by atoms with E-state index in [4.69, 9.17) is 4.74 Å². The van der Waals surface area contributed by atoms with Gasteiger partial charge in [-0.15, -0.1) is 0 Å². The summed E-state index contributed by atoms with van der Waals surface area (Å²) in [5.41, 5.74) is 0.924. The molecule has 146 valence electrons. The van der Waals surface area contributed by atoms with Crippen LogP contribution in [0.15, 0.2) is 29.8 Å². The van der Waals surface area contributed by atoms with Crippen LogP contribution in [0.3, 0.4) is 0 Å². The van der Waals surface area contributed by atoms with Gasteiger partial charge in [-0.05, 0) is 25.5 Å². The van der Waals surface area contributed by atoms with Crippen LogP contribution in [0, 0.1) is 0 Å². The fourth-order valence-electron chi connectivity index (χ4n) is 3.36. The van der Waals surface area contributed by atoms with Gasteiger partial charge in [-0.3, -0.25) is 14.4 Å². The maximum atomic E-state index is 12.3. The molecular weight excluding hydrogens is 340 g/mol. The van der Waals surface area contributed by atoms with Crippen molar-refractivity contribution in [2.24, 2.45) is 0 Å². The van der Waals surface area contributed by atoms with Gasteiger partial charge in [-0.25, -0.2) is 0 Å². The number of unbranched alkanes of at least 4 members (excludes halogenated alkanes) is 8. The average Bonchev–Trinajstić information content (AvgIpc) is 2.64. The number of carbonyl (C=O) groups is 3. The van der Waals surface area contributed by atoms with Crippen molar-refractivity contribution in [2.45, 2.75) is 78.1 Å². The molecule has 0 saturated heterocycles. The van der Waals surface area contributed by atoms with E-state index in [2.05, 4.69) is 6.92 Å². The maximum absolute atomic E-state index is 12.3. The van der Waals surface area contributed by atoms with Crippen molar-refractivity contribution in [3.05, 3.63) is 41.0 Å². The van der Waals surface area contributed by atoms with Crippen LogP contribution in [0.4, 0.5) is 0 Å². The van der Waals surface area contributed by atoms with E-state index in [1.54, 1.807) is 25.1 Å². The van der Waals surface area contributed by atoms with E-state index in [1.165, 1.54) is 44.6 Å². The first-order valence-corrected chi connectivity index (χ1v) is 10.2. The summed E-state index contributed by atoms with van der Waals surface area (Å²) in [6.07, 6.45) is 12.3. The van der Waals surface area contributed by atoms with Crippen LogP contribution < -0.4 is 4.74 Å². The van der Waals surface area contributed by atoms with E-state index >= 15 is 0 Å². The summed E-state index contributed by atoms with van der Waals surface area (Å²) in [5, 5.41) is 0. The molecular formula is C23H30O4. The quantitative estimate of drug-likeness (QED) is 0.279. The molecule has 2 rings (SSSR count). The second-order valence-electron chi connectivity index (χ2n) is 7.25. The first kappa shape index (κ1) is 21.1. The van der Waals surface area contributed by atoms with E-state index in [9.17, 15) is 14.4 Å². The monoisotopic (exact) mass is 370 g/mol. The zero-order valence-corrected chi connectivity index (χ0v) is 16.5. The molecule has 0 spiro atoms. The molecule has 4 heteroatoms. The molecule has 1 aromatic rings. The number of allylic oxidation sites excluding steroid dienone is 2. The summed E-state index contributed by atoms with van der Waals surface area (Å²) in [6.45, 7) is 3.83. The Hall–Kier alpha value is -2.23. The number of benzene rings is 1. The number of ether oxygens (including phenoxy) is 1. The number of fused-ring (bicyclic) bond motifs is 1. The molecule has 0 atom stereocenters. The average molecular weight is 370 g/mol. The predicted molar refractivity (Wildman–Crippen MR) is 106 cm³/mol. The van der Waals surface area contributed by atoms with Crippen molar-refractivity contribution in [1.82, 2.24) is 0 Å². The SMILES string of the molecule is CCCCCCCCCCCC(=O)Oc1cccc2c1C(=O)C=C(C)C2=O. The summed E-state index contributed by atoms with van der Waals surface area (Å²) in [7, 11) is 0. The summed E-state index contributed by atoms with van der Waals surface area (Å²) >= 11 is 0. The van der Waals surface area contributed by atoms with Crippen molar-refractivity contribution >= 4 is 17.5 Å². The van der Waals surface area contributed by atoms with E-state index in [0.29, 0.717) is 17.6 Å². The molecule has 0 amide bonds. The van der Waals surface area contributed by atoms with E-state index in [0.717, 1.165) is 19.3 Å². The van der Waals surface area contributed by atoms with Gasteiger partial charge in [0.2, 0.25) is 0 Å². The zero-order valence-electron chi connectivity index (χ0n) is 16.5. The highest BCUT2D eigenvalue weighted by molar-refractivity contribution is 6.25. The lowest BCUT2D eigenvalue weighted by Crippen LogP contribution is -2.18. The second kappa shape index (κ2) is 10.8. The molecule has 1 aliphatic rings. The fourth-order valence-corrected chi connectivity index (χ4v) is 3.36. The van der Waals surface area contributed by atoms with Gasteiger partial charge >= 0.3 is 5.97 Å². The van der Waals surface area contributed by atoms with Gasteiger partial charge in [0.1, 0.15) is 5.75 Å². The first-order valence-electron chi connectivity index (χ1n) is 10.2. The van der Waals surface area contributed by atoms with Crippen LogP contribution in [0.2, 0.25) is 0 Å². The zero-order chi connectivity index (χ0) is 19.6. The van der Waals surface area contributed by atoms with Crippen LogP contribution >= 0.6 is 0 Å². The lowest BCUT2D eigenvalue weighted by Gasteiger charge is -2.16. The van der Waals surface area contributed by atoms with Crippen molar-refractivity contribution in [3.8, 4) is 5.75 Å². The van der Waals surface area contributed by atoms with Crippen molar-refractivity contribution in [1.29, 1.82) is 0 Å². The molecule has 0 unspecified atom stereocenters. The number of ketones is 2. The highest BCUT2D eigenvalue weighted by Crippen LogP contribution is 2.29. The third-order valence-electron chi connectivity index (χ3n) is 4.93. The van der Waals surface area contributed by atoms with Gasteiger partial charge in [0.25, 0.3) is 0 Å². The molecule has 0 bridgehead atoms. The topological polar surface area (TPSA) is 60.4 Å². The van der Waals surface area contributed by atoms with Crippen LogP contribution in [-0.2, 0) is 4.79 Å². The van der Waals surface area contributed by atoms with Gasteiger partial charge in [0.05, 0.1) is 5.56 Å². The van der Waals surface area contributed by atoms with Gasteiger partial charge in [0.15, 0.2) is 11.6 Å².